The summed E-state index contributed by atoms with van der Waals surface area (Å²) in [7, 11) is 0. The summed E-state index contributed by atoms with van der Waals surface area (Å²) in [5.41, 5.74) is 0.790. The number of tetrazole rings is 1. The van der Waals surface area contributed by atoms with Crippen molar-refractivity contribution in [2.45, 2.75) is 43.8 Å². The molecule has 25 heavy (non-hydrogen) atoms. The van der Waals surface area contributed by atoms with E-state index in [1.165, 1.54) is 23.5 Å². The molecule has 1 aromatic carbocycles. The van der Waals surface area contributed by atoms with Crippen LogP contribution in [0.15, 0.2) is 34.8 Å². The number of nitrogens with zero attached hydrogens (tertiary/aromatic N) is 5. The highest BCUT2D eigenvalue weighted by Gasteiger charge is 2.20. The number of aromatic nitrogens is 5. The molecule has 0 aliphatic rings. The van der Waals surface area contributed by atoms with Crippen LogP contribution in [0.4, 0.5) is 4.39 Å². The Morgan fingerprint density at radius 2 is 2.00 bits per heavy atom. The highest BCUT2D eigenvalue weighted by atomic mass is 32.2. The van der Waals surface area contributed by atoms with Gasteiger partial charge in [-0.2, -0.15) is 0 Å². The molecule has 3 rings (SSSR count). The van der Waals surface area contributed by atoms with Gasteiger partial charge in [-0.15, -0.1) is 16.4 Å². The largest absolute Gasteiger partial charge is 0.486 e. The molecular weight excluding hydrogens is 361 g/mol. The van der Waals surface area contributed by atoms with Crippen LogP contribution in [0.2, 0.25) is 0 Å². The Morgan fingerprint density at radius 3 is 2.72 bits per heavy atom. The third-order valence-electron chi connectivity index (χ3n) is 3.20. The van der Waals surface area contributed by atoms with E-state index < -0.39 is 0 Å². The SMILES string of the molecule is CC(C)(C)n1nnnc1SCc1csc(COc2ccc(F)cc2)n1. The van der Waals surface area contributed by atoms with Gasteiger partial charge < -0.3 is 4.74 Å². The zero-order chi connectivity index (χ0) is 17.9. The Morgan fingerprint density at radius 1 is 1.24 bits per heavy atom. The minimum absolute atomic E-state index is 0.165. The van der Waals surface area contributed by atoms with Crippen LogP contribution in [0.5, 0.6) is 5.75 Å². The Balaban J connectivity index is 1.55. The van der Waals surface area contributed by atoms with Crippen molar-refractivity contribution < 1.29 is 9.13 Å². The van der Waals surface area contributed by atoms with Crippen molar-refractivity contribution in [2.24, 2.45) is 0 Å². The monoisotopic (exact) mass is 379 g/mol. The molecule has 0 atom stereocenters. The van der Waals surface area contributed by atoms with Gasteiger partial charge in [0.15, 0.2) is 0 Å². The number of thioether (sulfide) groups is 1. The van der Waals surface area contributed by atoms with Gasteiger partial charge in [0, 0.05) is 11.1 Å². The molecule has 0 aliphatic carbocycles. The number of benzene rings is 1. The van der Waals surface area contributed by atoms with Crippen LogP contribution >= 0.6 is 23.1 Å². The van der Waals surface area contributed by atoms with Crippen molar-refractivity contribution in [2.75, 3.05) is 0 Å². The fourth-order valence-corrected chi connectivity index (χ4v) is 3.75. The van der Waals surface area contributed by atoms with Gasteiger partial charge in [0.2, 0.25) is 5.16 Å². The molecule has 0 fully saturated rings. The highest BCUT2D eigenvalue weighted by Crippen LogP contribution is 2.25. The summed E-state index contributed by atoms with van der Waals surface area (Å²) in [4.78, 5) is 4.55. The smallest absolute Gasteiger partial charge is 0.210 e. The average Bonchev–Trinajstić information content (AvgIpc) is 3.21. The summed E-state index contributed by atoms with van der Waals surface area (Å²) < 4.78 is 20.3. The molecule has 0 N–H and O–H groups in total. The first-order valence-electron chi connectivity index (χ1n) is 7.65. The van der Waals surface area contributed by atoms with Crippen LogP contribution in [0.1, 0.15) is 31.5 Å². The van der Waals surface area contributed by atoms with Crippen LogP contribution in [-0.2, 0) is 17.9 Å². The summed E-state index contributed by atoms with van der Waals surface area (Å²) in [6.45, 7) is 6.53. The quantitative estimate of drug-likeness (QED) is 0.605. The second-order valence-corrected chi connectivity index (χ2v) is 8.19. The minimum Gasteiger partial charge on any atom is -0.486 e. The van der Waals surface area contributed by atoms with Gasteiger partial charge in [0.25, 0.3) is 0 Å². The van der Waals surface area contributed by atoms with Crippen LogP contribution in [-0.4, -0.2) is 25.2 Å². The normalized spacial score (nSPS) is 11.7. The second-order valence-electron chi connectivity index (χ2n) is 6.31. The number of hydrogen-bond donors (Lipinski definition) is 0. The number of ether oxygens (including phenoxy) is 1. The molecule has 0 amide bonds. The van der Waals surface area contributed by atoms with E-state index in [9.17, 15) is 4.39 Å². The number of thiazole rings is 1. The maximum absolute atomic E-state index is 12.9. The van der Waals surface area contributed by atoms with E-state index in [-0.39, 0.29) is 11.4 Å². The molecule has 0 radical (unpaired) electrons. The Kier molecular flexibility index (Phi) is 5.33. The van der Waals surface area contributed by atoms with Crippen molar-refractivity contribution in [1.29, 1.82) is 0 Å². The van der Waals surface area contributed by atoms with Crippen LogP contribution in [0.25, 0.3) is 0 Å². The molecule has 0 aliphatic heterocycles. The lowest BCUT2D eigenvalue weighted by Gasteiger charge is -2.19. The molecule has 2 heterocycles. The van der Waals surface area contributed by atoms with Gasteiger partial charge in [-0.05, 0) is 55.5 Å². The first-order valence-corrected chi connectivity index (χ1v) is 9.51. The maximum atomic E-state index is 12.9. The molecular formula is C16H18FN5OS2. The van der Waals surface area contributed by atoms with Crippen LogP contribution < -0.4 is 4.74 Å². The number of halogens is 1. The molecule has 6 nitrogen and oxygen atoms in total. The standard InChI is InChI=1S/C16H18FN5OS2/c1-16(2,3)22-15(19-20-21-22)25-10-12-9-24-14(18-12)8-23-13-6-4-11(17)5-7-13/h4-7,9H,8,10H2,1-3H3. The summed E-state index contributed by atoms with van der Waals surface area (Å²) in [5.74, 6) is 1.03. The van der Waals surface area contributed by atoms with E-state index >= 15 is 0 Å². The lowest BCUT2D eigenvalue weighted by atomic mass is 10.1. The van der Waals surface area contributed by atoms with E-state index in [0.29, 0.717) is 18.1 Å². The second kappa shape index (κ2) is 7.49. The van der Waals surface area contributed by atoms with Gasteiger partial charge in [0.05, 0.1) is 11.2 Å². The zero-order valence-electron chi connectivity index (χ0n) is 14.1. The van der Waals surface area contributed by atoms with Gasteiger partial charge in [-0.3, -0.25) is 0 Å². The fraction of sp³-hybridized carbons (Fsp3) is 0.375. The third kappa shape index (κ3) is 4.76. The van der Waals surface area contributed by atoms with Gasteiger partial charge in [-0.25, -0.2) is 14.1 Å². The van der Waals surface area contributed by atoms with Crippen molar-refractivity contribution in [3.8, 4) is 5.75 Å². The topological polar surface area (TPSA) is 65.7 Å². The van der Waals surface area contributed by atoms with Crippen LogP contribution in [0, 0.1) is 5.82 Å². The van der Waals surface area contributed by atoms with E-state index in [2.05, 4.69) is 41.3 Å². The van der Waals surface area contributed by atoms with Crippen molar-refractivity contribution in [3.63, 3.8) is 0 Å². The first-order chi connectivity index (χ1) is 11.9. The number of rotatable bonds is 6. The molecule has 0 saturated carbocycles. The Labute approximate surface area is 153 Å². The third-order valence-corrected chi connectivity index (χ3v) is 5.02. The predicted molar refractivity (Wildman–Crippen MR) is 95.2 cm³/mol. The average molecular weight is 379 g/mol. The molecule has 3 aromatic rings. The molecule has 132 valence electrons. The molecule has 2 aromatic heterocycles. The minimum atomic E-state index is -0.279. The fourth-order valence-electron chi connectivity index (χ4n) is 1.99. The van der Waals surface area contributed by atoms with E-state index in [0.717, 1.165) is 15.9 Å². The van der Waals surface area contributed by atoms with E-state index in [1.807, 2.05) is 10.1 Å². The van der Waals surface area contributed by atoms with Gasteiger partial charge >= 0.3 is 0 Å². The molecule has 9 heteroatoms. The van der Waals surface area contributed by atoms with Gasteiger partial charge in [-0.1, -0.05) is 11.8 Å². The van der Waals surface area contributed by atoms with Crippen molar-refractivity contribution in [3.05, 3.63) is 46.2 Å². The molecule has 0 bridgehead atoms. The van der Waals surface area contributed by atoms with Crippen LogP contribution in [0.3, 0.4) is 0 Å². The van der Waals surface area contributed by atoms with E-state index in [4.69, 9.17) is 4.74 Å². The Bertz CT molecular complexity index is 826. The first kappa shape index (κ1) is 17.8. The molecule has 0 spiro atoms. The molecule has 0 unspecified atom stereocenters. The Hall–Kier alpha value is -2.00. The number of hydrogen-bond acceptors (Lipinski definition) is 7. The lowest BCUT2D eigenvalue weighted by molar-refractivity contribution is 0.305. The highest BCUT2D eigenvalue weighted by molar-refractivity contribution is 7.98. The summed E-state index contributed by atoms with van der Waals surface area (Å²) in [6.07, 6.45) is 0. The summed E-state index contributed by atoms with van der Waals surface area (Å²) in [6, 6.07) is 5.95. The lowest BCUT2D eigenvalue weighted by Crippen LogP contribution is -2.24. The summed E-state index contributed by atoms with van der Waals surface area (Å²) >= 11 is 3.09. The summed E-state index contributed by atoms with van der Waals surface area (Å²) in [5, 5.41) is 15.5. The zero-order valence-corrected chi connectivity index (χ0v) is 15.8. The van der Waals surface area contributed by atoms with E-state index in [1.54, 1.807) is 23.9 Å². The maximum Gasteiger partial charge on any atom is 0.210 e. The molecule has 0 saturated heterocycles. The van der Waals surface area contributed by atoms with Crippen molar-refractivity contribution in [1.82, 2.24) is 25.2 Å². The van der Waals surface area contributed by atoms with Gasteiger partial charge in [0.1, 0.15) is 23.2 Å². The van der Waals surface area contributed by atoms with Crippen molar-refractivity contribution >= 4 is 23.1 Å². The predicted octanol–water partition coefficient (Wildman–Crippen LogP) is 3.90.